The van der Waals surface area contributed by atoms with Gasteiger partial charge in [0.2, 0.25) is 0 Å². The van der Waals surface area contributed by atoms with E-state index in [-0.39, 0.29) is 0 Å². The van der Waals surface area contributed by atoms with Crippen LogP contribution in [0.3, 0.4) is 0 Å². The standard InChI is InChI=1S/C10H13ClN2/c1-6-4-10(13-7-2-3-7)9(12)5-8(6)11/h4-5,7,13H,2-3,12H2,1H3. The Bertz CT molecular complexity index is 332. The van der Waals surface area contributed by atoms with Gasteiger partial charge in [0, 0.05) is 11.1 Å². The van der Waals surface area contributed by atoms with E-state index in [2.05, 4.69) is 5.32 Å². The van der Waals surface area contributed by atoms with Gasteiger partial charge in [0.05, 0.1) is 11.4 Å². The molecule has 1 aromatic rings. The van der Waals surface area contributed by atoms with Gasteiger partial charge in [0.25, 0.3) is 0 Å². The van der Waals surface area contributed by atoms with Gasteiger partial charge in [-0.2, -0.15) is 0 Å². The van der Waals surface area contributed by atoms with Gasteiger partial charge in [0.15, 0.2) is 0 Å². The first-order valence-electron chi connectivity index (χ1n) is 4.49. The summed E-state index contributed by atoms with van der Waals surface area (Å²) < 4.78 is 0. The van der Waals surface area contributed by atoms with Crippen LogP contribution in [0.2, 0.25) is 5.02 Å². The van der Waals surface area contributed by atoms with E-state index < -0.39 is 0 Å². The summed E-state index contributed by atoms with van der Waals surface area (Å²) in [4.78, 5) is 0. The Balaban J connectivity index is 2.27. The van der Waals surface area contributed by atoms with Crippen molar-refractivity contribution in [1.29, 1.82) is 0 Å². The lowest BCUT2D eigenvalue weighted by Crippen LogP contribution is -2.04. The molecule has 0 bridgehead atoms. The lowest BCUT2D eigenvalue weighted by atomic mass is 10.2. The lowest BCUT2D eigenvalue weighted by Gasteiger charge is -2.10. The highest BCUT2D eigenvalue weighted by Gasteiger charge is 2.21. The van der Waals surface area contributed by atoms with Crippen LogP contribution in [0.25, 0.3) is 0 Å². The van der Waals surface area contributed by atoms with Crippen molar-refractivity contribution < 1.29 is 0 Å². The first-order valence-corrected chi connectivity index (χ1v) is 4.87. The number of nitrogen functional groups attached to an aromatic ring is 1. The summed E-state index contributed by atoms with van der Waals surface area (Å²) >= 11 is 5.93. The van der Waals surface area contributed by atoms with E-state index in [9.17, 15) is 0 Å². The number of rotatable bonds is 2. The molecule has 0 radical (unpaired) electrons. The second kappa shape index (κ2) is 3.11. The highest BCUT2D eigenvalue weighted by Crippen LogP contribution is 2.31. The third-order valence-electron chi connectivity index (χ3n) is 2.27. The first-order chi connectivity index (χ1) is 6.16. The smallest absolute Gasteiger partial charge is 0.0579 e. The molecule has 13 heavy (non-hydrogen) atoms. The molecule has 0 aliphatic heterocycles. The minimum atomic E-state index is 0.628. The van der Waals surface area contributed by atoms with Crippen molar-refractivity contribution in [1.82, 2.24) is 0 Å². The van der Waals surface area contributed by atoms with Crippen LogP contribution < -0.4 is 11.1 Å². The zero-order valence-electron chi connectivity index (χ0n) is 7.60. The lowest BCUT2D eigenvalue weighted by molar-refractivity contribution is 1.15. The van der Waals surface area contributed by atoms with Crippen molar-refractivity contribution in [3.8, 4) is 0 Å². The molecule has 1 aliphatic carbocycles. The van der Waals surface area contributed by atoms with Crippen LogP contribution in [-0.2, 0) is 0 Å². The number of nitrogens with two attached hydrogens (primary N) is 1. The summed E-state index contributed by atoms with van der Waals surface area (Å²) in [6.45, 7) is 1.99. The van der Waals surface area contributed by atoms with Crippen molar-refractivity contribution in [3.05, 3.63) is 22.7 Å². The topological polar surface area (TPSA) is 38.0 Å². The first kappa shape index (κ1) is 8.70. The fourth-order valence-electron chi connectivity index (χ4n) is 1.27. The van der Waals surface area contributed by atoms with E-state index in [4.69, 9.17) is 17.3 Å². The van der Waals surface area contributed by atoms with Crippen molar-refractivity contribution >= 4 is 23.0 Å². The number of nitrogens with one attached hydrogen (secondary N) is 1. The molecule has 70 valence electrons. The maximum Gasteiger partial charge on any atom is 0.0579 e. The summed E-state index contributed by atoms with van der Waals surface area (Å²) in [5.41, 5.74) is 8.64. The number of hydrogen-bond acceptors (Lipinski definition) is 2. The normalized spacial score (nSPS) is 15.8. The van der Waals surface area contributed by atoms with E-state index in [0.717, 1.165) is 22.0 Å². The Labute approximate surface area is 83.1 Å². The molecular weight excluding hydrogens is 184 g/mol. The van der Waals surface area contributed by atoms with Gasteiger partial charge in [-0.05, 0) is 37.5 Å². The Morgan fingerprint density at radius 1 is 1.46 bits per heavy atom. The fourth-order valence-corrected chi connectivity index (χ4v) is 1.44. The minimum Gasteiger partial charge on any atom is -0.397 e. The largest absolute Gasteiger partial charge is 0.397 e. The Hall–Kier alpha value is -0.890. The van der Waals surface area contributed by atoms with Gasteiger partial charge in [0.1, 0.15) is 0 Å². The number of hydrogen-bond donors (Lipinski definition) is 2. The highest BCUT2D eigenvalue weighted by molar-refractivity contribution is 6.31. The maximum atomic E-state index is 5.93. The molecule has 0 spiro atoms. The van der Waals surface area contributed by atoms with E-state index in [1.54, 1.807) is 0 Å². The van der Waals surface area contributed by atoms with Crippen LogP contribution in [0.1, 0.15) is 18.4 Å². The predicted octanol–water partition coefficient (Wildman–Crippen LogP) is 2.80. The van der Waals surface area contributed by atoms with Gasteiger partial charge >= 0.3 is 0 Å². The summed E-state index contributed by atoms with van der Waals surface area (Å²) in [6.07, 6.45) is 2.50. The molecule has 2 rings (SSSR count). The van der Waals surface area contributed by atoms with Gasteiger partial charge in [-0.3, -0.25) is 0 Å². The second-order valence-electron chi connectivity index (χ2n) is 3.61. The SMILES string of the molecule is Cc1cc(NC2CC2)c(N)cc1Cl. The average Bonchev–Trinajstić information content (AvgIpc) is 2.84. The zero-order chi connectivity index (χ0) is 9.42. The molecule has 0 amide bonds. The van der Waals surface area contributed by atoms with Crippen LogP contribution in [0.5, 0.6) is 0 Å². The van der Waals surface area contributed by atoms with E-state index in [1.165, 1.54) is 12.8 Å². The minimum absolute atomic E-state index is 0.628. The Morgan fingerprint density at radius 3 is 2.77 bits per heavy atom. The van der Waals surface area contributed by atoms with Crippen molar-refractivity contribution in [2.24, 2.45) is 0 Å². The van der Waals surface area contributed by atoms with E-state index in [1.807, 2.05) is 19.1 Å². The van der Waals surface area contributed by atoms with Crippen LogP contribution in [0.4, 0.5) is 11.4 Å². The quantitative estimate of drug-likeness (QED) is 0.714. The van der Waals surface area contributed by atoms with Crippen molar-refractivity contribution in [2.45, 2.75) is 25.8 Å². The van der Waals surface area contributed by atoms with Crippen LogP contribution in [0, 0.1) is 6.92 Å². The van der Waals surface area contributed by atoms with E-state index in [0.29, 0.717) is 6.04 Å². The molecule has 0 atom stereocenters. The Morgan fingerprint density at radius 2 is 2.15 bits per heavy atom. The predicted molar refractivity (Wildman–Crippen MR) is 57.2 cm³/mol. The molecule has 1 saturated carbocycles. The summed E-state index contributed by atoms with van der Waals surface area (Å²) in [5, 5.41) is 4.10. The number of halogens is 1. The van der Waals surface area contributed by atoms with Gasteiger partial charge < -0.3 is 11.1 Å². The molecule has 2 nitrogen and oxygen atoms in total. The zero-order valence-corrected chi connectivity index (χ0v) is 8.36. The third-order valence-corrected chi connectivity index (χ3v) is 2.67. The fraction of sp³-hybridized carbons (Fsp3) is 0.400. The molecule has 0 heterocycles. The van der Waals surface area contributed by atoms with Crippen molar-refractivity contribution in [2.75, 3.05) is 11.1 Å². The molecule has 1 aromatic carbocycles. The average molecular weight is 197 g/mol. The summed E-state index contributed by atoms with van der Waals surface area (Å²) in [7, 11) is 0. The van der Waals surface area contributed by atoms with Crippen LogP contribution in [-0.4, -0.2) is 6.04 Å². The number of benzene rings is 1. The number of anilines is 2. The number of aryl methyl sites for hydroxylation is 1. The van der Waals surface area contributed by atoms with E-state index >= 15 is 0 Å². The second-order valence-corrected chi connectivity index (χ2v) is 4.01. The third kappa shape index (κ3) is 1.89. The molecule has 1 fully saturated rings. The molecule has 1 aliphatic rings. The summed E-state index contributed by atoms with van der Waals surface area (Å²) in [6, 6.07) is 4.44. The molecule has 3 N–H and O–H groups in total. The van der Waals surface area contributed by atoms with Gasteiger partial charge in [-0.15, -0.1) is 0 Å². The van der Waals surface area contributed by atoms with Crippen LogP contribution in [0.15, 0.2) is 12.1 Å². The maximum absolute atomic E-state index is 5.93. The van der Waals surface area contributed by atoms with Gasteiger partial charge in [-0.25, -0.2) is 0 Å². The Kier molecular flexibility index (Phi) is 2.08. The molecule has 0 aromatic heterocycles. The van der Waals surface area contributed by atoms with Crippen molar-refractivity contribution in [3.63, 3.8) is 0 Å². The van der Waals surface area contributed by atoms with Crippen LogP contribution >= 0.6 is 11.6 Å². The molecule has 0 unspecified atom stereocenters. The van der Waals surface area contributed by atoms with Gasteiger partial charge in [-0.1, -0.05) is 11.6 Å². The monoisotopic (exact) mass is 196 g/mol. The summed E-state index contributed by atoms with van der Waals surface area (Å²) in [5.74, 6) is 0. The molecule has 0 saturated heterocycles. The molecular formula is C10H13ClN2. The molecule has 3 heteroatoms. The highest BCUT2D eigenvalue weighted by atomic mass is 35.5.